The minimum atomic E-state index is -1.51. The van der Waals surface area contributed by atoms with Crippen molar-refractivity contribution in [1.29, 1.82) is 0 Å². The lowest BCUT2D eigenvalue weighted by Gasteiger charge is -2.42. The Morgan fingerprint density at radius 3 is 2.32 bits per heavy atom. The Hall–Kier alpha value is -2.18. The molecule has 0 spiro atoms. The number of aliphatic hydroxyl groups is 1. The van der Waals surface area contributed by atoms with Crippen molar-refractivity contribution in [3.63, 3.8) is 0 Å². The van der Waals surface area contributed by atoms with Gasteiger partial charge in [-0.15, -0.1) is 0 Å². The smallest absolute Gasteiger partial charge is 0.332 e. The van der Waals surface area contributed by atoms with Crippen LogP contribution in [0, 0.1) is 0 Å². The van der Waals surface area contributed by atoms with Crippen LogP contribution in [0.4, 0.5) is 0 Å². The maximum absolute atomic E-state index is 13.4. The number of likely N-dealkylation sites (tertiary alicyclic amines) is 1. The largest absolute Gasteiger partial charge is 0.467 e. The van der Waals surface area contributed by atoms with Gasteiger partial charge in [-0.05, 0) is 43.2 Å². The monoisotopic (exact) mass is 445 g/mol. The van der Waals surface area contributed by atoms with E-state index in [2.05, 4.69) is 15.9 Å². The molecule has 5 nitrogen and oxygen atoms in total. The van der Waals surface area contributed by atoms with E-state index in [1.807, 2.05) is 37.3 Å². The molecule has 0 aliphatic carbocycles. The molecule has 148 valence electrons. The second-order valence-corrected chi connectivity index (χ2v) is 8.22. The molecule has 2 aromatic rings. The van der Waals surface area contributed by atoms with E-state index in [9.17, 15) is 14.7 Å². The molecule has 0 bridgehead atoms. The zero-order chi connectivity index (χ0) is 20.5. The Morgan fingerprint density at radius 2 is 1.79 bits per heavy atom. The number of benzene rings is 2. The zero-order valence-corrected chi connectivity index (χ0v) is 17.8. The van der Waals surface area contributed by atoms with E-state index in [4.69, 9.17) is 4.74 Å². The fourth-order valence-electron chi connectivity index (χ4n) is 4.39. The Labute approximate surface area is 173 Å². The summed E-state index contributed by atoms with van der Waals surface area (Å²) in [4.78, 5) is 27.9. The highest BCUT2D eigenvalue weighted by molar-refractivity contribution is 9.10. The fourth-order valence-corrected chi connectivity index (χ4v) is 4.65. The average Bonchev–Trinajstić information content (AvgIpc) is 2.95. The topological polar surface area (TPSA) is 66.8 Å². The highest BCUT2D eigenvalue weighted by Gasteiger charge is 2.64. The van der Waals surface area contributed by atoms with Crippen LogP contribution in [0.2, 0.25) is 0 Å². The molecule has 1 heterocycles. The molecule has 0 saturated carbocycles. The molecule has 1 amide bonds. The number of hydrogen-bond donors (Lipinski definition) is 1. The summed E-state index contributed by atoms with van der Waals surface area (Å²) in [6, 6.07) is 16.3. The first-order valence-electron chi connectivity index (χ1n) is 9.24. The van der Waals surface area contributed by atoms with Gasteiger partial charge in [0.1, 0.15) is 11.3 Å². The van der Waals surface area contributed by atoms with Gasteiger partial charge in [0.05, 0.1) is 7.11 Å². The number of halogens is 1. The first kappa shape index (κ1) is 20.6. The van der Waals surface area contributed by atoms with Crippen molar-refractivity contribution in [3.8, 4) is 0 Å². The quantitative estimate of drug-likeness (QED) is 0.718. The van der Waals surface area contributed by atoms with Crippen molar-refractivity contribution in [2.75, 3.05) is 7.11 Å². The Balaban J connectivity index is 2.19. The molecule has 0 aromatic heterocycles. The lowest BCUT2D eigenvalue weighted by molar-refractivity contribution is -0.161. The van der Waals surface area contributed by atoms with Crippen LogP contribution >= 0.6 is 15.9 Å². The summed E-state index contributed by atoms with van der Waals surface area (Å²) in [7, 11) is 1.32. The van der Waals surface area contributed by atoms with Crippen LogP contribution in [0.5, 0.6) is 0 Å². The van der Waals surface area contributed by atoms with Crippen LogP contribution in [0.15, 0.2) is 59.1 Å². The van der Waals surface area contributed by atoms with Crippen LogP contribution in [-0.4, -0.2) is 40.3 Å². The number of esters is 1. The van der Waals surface area contributed by atoms with E-state index in [-0.39, 0.29) is 6.42 Å². The van der Waals surface area contributed by atoms with Gasteiger partial charge < -0.3 is 9.84 Å². The van der Waals surface area contributed by atoms with Crippen molar-refractivity contribution in [1.82, 2.24) is 4.90 Å². The van der Waals surface area contributed by atoms with Gasteiger partial charge in [0.25, 0.3) is 5.91 Å². The first-order chi connectivity index (χ1) is 13.3. The Morgan fingerprint density at radius 1 is 1.18 bits per heavy atom. The summed E-state index contributed by atoms with van der Waals surface area (Å²) >= 11 is 3.42. The molecule has 1 aliphatic rings. The van der Waals surface area contributed by atoms with Gasteiger partial charge in [0.2, 0.25) is 0 Å². The van der Waals surface area contributed by atoms with Crippen LogP contribution in [0.3, 0.4) is 0 Å². The predicted octanol–water partition coefficient (Wildman–Crippen LogP) is 4.11. The number of rotatable bonds is 4. The molecule has 0 unspecified atom stereocenters. The third-order valence-electron chi connectivity index (χ3n) is 5.62. The summed E-state index contributed by atoms with van der Waals surface area (Å²) in [6.07, 6.45) is 0.547. The van der Waals surface area contributed by atoms with E-state index in [1.54, 1.807) is 31.2 Å². The van der Waals surface area contributed by atoms with Gasteiger partial charge >= 0.3 is 5.97 Å². The second kappa shape index (κ2) is 7.68. The van der Waals surface area contributed by atoms with Crippen LogP contribution in [-0.2, 0) is 9.53 Å². The van der Waals surface area contributed by atoms with Gasteiger partial charge in [0.15, 0.2) is 0 Å². The van der Waals surface area contributed by atoms with E-state index in [0.29, 0.717) is 12.0 Å². The number of amides is 1. The van der Waals surface area contributed by atoms with Gasteiger partial charge in [0, 0.05) is 22.4 Å². The van der Waals surface area contributed by atoms with Crippen LogP contribution in [0.1, 0.15) is 48.5 Å². The number of ether oxygens (including phenoxy) is 1. The molecule has 1 aliphatic heterocycles. The Kier molecular flexibility index (Phi) is 5.64. The molecule has 2 aromatic carbocycles. The van der Waals surface area contributed by atoms with E-state index < -0.39 is 29.1 Å². The molecule has 1 saturated heterocycles. The van der Waals surface area contributed by atoms with E-state index >= 15 is 0 Å². The minimum Gasteiger partial charge on any atom is -0.467 e. The summed E-state index contributed by atoms with van der Waals surface area (Å²) in [5.41, 5.74) is -1.52. The van der Waals surface area contributed by atoms with Crippen LogP contribution < -0.4 is 0 Å². The summed E-state index contributed by atoms with van der Waals surface area (Å²) in [5.74, 6) is -1.32. The SMILES string of the molecule is CC[C@]1(C(=O)OC)[C@@H](c2ccc(Br)cc2)C[C@@](C)(O)N1C(=O)c1ccccc1. The van der Waals surface area contributed by atoms with Crippen LogP contribution in [0.25, 0.3) is 0 Å². The predicted molar refractivity (Wildman–Crippen MR) is 110 cm³/mol. The molecule has 1 fully saturated rings. The maximum atomic E-state index is 13.4. The molecular weight excluding hydrogens is 422 g/mol. The van der Waals surface area contributed by atoms with Crippen molar-refractivity contribution in [2.45, 2.75) is 43.9 Å². The molecule has 0 radical (unpaired) electrons. The maximum Gasteiger partial charge on any atom is 0.332 e. The standard InChI is InChI=1S/C22H24BrNO4/c1-4-22(20(26)28-3)18(15-10-12-17(23)13-11-15)14-21(2,27)24(22)19(25)16-8-6-5-7-9-16/h5-13,18,27H,4,14H2,1-3H3/t18-,21-,22-/m1/s1. The van der Waals surface area contributed by atoms with E-state index in [1.165, 1.54) is 12.0 Å². The number of carbonyl (C=O) groups excluding carboxylic acids is 2. The van der Waals surface area contributed by atoms with Gasteiger partial charge in [-0.3, -0.25) is 9.69 Å². The number of hydrogen-bond acceptors (Lipinski definition) is 4. The number of carbonyl (C=O) groups is 2. The van der Waals surface area contributed by atoms with Gasteiger partial charge in [-0.25, -0.2) is 4.79 Å². The first-order valence-corrected chi connectivity index (χ1v) is 10.0. The normalized spacial score (nSPS) is 26.9. The number of methoxy groups -OCH3 is 1. The lowest BCUT2D eigenvalue weighted by atomic mass is 9.77. The molecule has 3 rings (SSSR count). The third kappa shape index (κ3) is 3.25. The molecule has 6 heteroatoms. The second-order valence-electron chi connectivity index (χ2n) is 7.30. The highest BCUT2D eigenvalue weighted by atomic mass is 79.9. The molecule has 3 atom stereocenters. The van der Waals surface area contributed by atoms with Crippen molar-refractivity contribution < 1.29 is 19.4 Å². The summed E-state index contributed by atoms with van der Waals surface area (Å²) < 4.78 is 6.08. The molecule has 28 heavy (non-hydrogen) atoms. The number of nitrogens with zero attached hydrogens (tertiary/aromatic N) is 1. The van der Waals surface area contributed by atoms with Gasteiger partial charge in [-0.2, -0.15) is 0 Å². The highest BCUT2D eigenvalue weighted by Crippen LogP contribution is 2.52. The molecule has 1 N–H and O–H groups in total. The summed E-state index contributed by atoms with van der Waals surface area (Å²) in [6.45, 7) is 3.43. The van der Waals surface area contributed by atoms with Crippen molar-refractivity contribution in [3.05, 3.63) is 70.2 Å². The van der Waals surface area contributed by atoms with Crippen molar-refractivity contribution in [2.24, 2.45) is 0 Å². The molecular formula is C22H24BrNO4. The minimum absolute atomic E-state index is 0.232. The zero-order valence-electron chi connectivity index (χ0n) is 16.2. The summed E-state index contributed by atoms with van der Waals surface area (Å²) in [5, 5.41) is 11.3. The fraction of sp³-hybridized carbons (Fsp3) is 0.364. The Bertz CT molecular complexity index is 866. The van der Waals surface area contributed by atoms with Gasteiger partial charge in [-0.1, -0.05) is 53.2 Å². The average molecular weight is 446 g/mol. The third-order valence-corrected chi connectivity index (χ3v) is 6.15. The lowest BCUT2D eigenvalue weighted by Crippen LogP contribution is -2.61. The van der Waals surface area contributed by atoms with Crippen molar-refractivity contribution >= 4 is 27.8 Å². The van der Waals surface area contributed by atoms with E-state index in [0.717, 1.165) is 10.0 Å².